The molecule has 1 aromatic heterocycles. The van der Waals surface area contributed by atoms with Crippen molar-refractivity contribution in [1.29, 1.82) is 0 Å². The summed E-state index contributed by atoms with van der Waals surface area (Å²) in [5.41, 5.74) is 11.0. The number of aromatic nitrogens is 2. The predicted octanol–water partition coefficient (Wildman–Crippen LogP) is 3.35. The zero-order chi connectivity index (χ0) is 14.8. The molecule has 4 fully saturated rings. The van der Waals surface area contributed by atoms with Gasteiger partial charge in [-0.3, -0.25) is 4.68 Å². The summed E-state index contributed by atoms with van der Waals surface area (Å²) >= 11 is 0. The summed E-state index contributed by atoms with van der Waals surface area (Å²) in [6.45, 7) is 7.37. The van der Waals surface area contributed by atoms with Crippen molar-refractivity contribution in [2.75, 3.05) is 0 Å². The molecule has 5 rings (SSSR count). The maximum atomic E-state index is 6.77. The summed E-state index contributed by atoms with van der Waals surface area (Å²) in [6.07, 6.45) is 8.64. The lowest BCUT2D eigenvalue weighted by atomic mass is 9.48. The van der Waals surface area contributed by atoms with Crippen LogP contribution in [-0.4, -0.2) is 15.8 Å². The van der Waals surface area contributed by atoms with E-state index < -0.39 is 0 Å². The van der Waals surface area contributed by atoms with Gasteiger partial charge >= 0.3 is 0 Å². The third-order valence-electron chi connectivity index (χ3n) is 6.99. The Morgan fingerprint density at radius 3 is 2.05 bits per heavy atom. The van der Waals surface area contributed by atoms with E-state index in [9.17, 15) is 0 Å². The Bertz CT molecular complexity index is 522. The van der Waals surface area contributed by atoms with E-state index in [0.717, 1.165) is 30.0 Å². The minimum absolute atomic E-state index is 0.281. The van der Waals surface area contributed by atoms with Crippen LogP contribution in [0.5, 0.6) is 0 Å². The molecule has 0 aliphatic heterocycles. The first-order valence-electron chi connectivity index (χ1n) is 8.73. The second-order valence-electron chi connectivity index (χ2n) is 8.36. The number of nitrogens with zero attached hydrogens (tertiary/aromatic N) is 2. The maximum Gasteiger partial charge on any atom is 0.0625 e. The second kappa shape index (κ2) is 4.58. The Hall–Kier alpha value is -0.830. The van der Waals surface area contributed by atoms with Gasteiger partial charge in [-0.1, -0.05) is 0 Å². The molecule has 0 radical (unpaired) electrons. The number of rotatable bonds is 3. The van der Waals surface area contributed by atoms with Gasteiger partial charge in [0.2, 0.25) is 0 Å². The molecule has 1 aromatic rings. The zero-order valence-electron chi connectivity index (χ0n) is 13.7. The Balaban J connectivity index is 1.57. The molecule has 0 spiro atoms. The van der Waals surface area contributed by atoms with Gasteiger partial charge in [0.25, 0.3) is 0 Å². The van der Waals surface area contributed by atoms with Crippen LogP contribution in [0.1, 0.15) is 55.5 Å². The molecule has 4 saturated carbocycles. The predicted molar refractivity (Wildman–Crippen MR) is 85.0 cm³/mol. The zero-order valence-corrected chi connectivity index (χ0v) is 13.7. The molecule has 1 atom stereocenters. The highest BCUT2D eigenvalue weighted by Gasteiger charge is 2.53. The lowest BCUT2D eigenvalue weighted by Crippen LogP contribution is -2.55. The molecule has 4 aliphatic carbocycles. The number of aryl methyl sites for hydroxylation is 1. The van der Waals surface area contributed by atoms with Gasteiger partial charge in [-0.2, -0.15) is 5.10 Å². The molecule has 3 nitrogen and oxygen atoms in total. The first-order valence-corrected chi connectivity index (χ1v) is 8.73. The van der Waals surface area contributed by atoms with Gasteiger partial charge in [-0.25, -0.2) is 0 Å². The van der Waals surface area contributed by atoms with Crippen LogP contribution in [-0.2, 0) is 6.54 Å². The van der Waals surface area contributed by atoms with Crippen molar-refractivity contribution in [2.45, 2.75) is 71.9 Å². The molecule has 1 heterocycles. The number of nitrogens with two attached hydrogens (primary N) is 1. The summed E-state index contributed by atoms with van der Waals surface area (Å²) in [5.74, 6) is 2.93. The highest BCUT2D eigenvalue weighted by atomic mass is 15.3. The van der Waals surface area contributed by atoms with E-state index in [1.807, 2.05) is 0 Å². The van der Waals surface area contributed by atoms with Gasteiger partial charge in [0.15, 0.2) is 0 Å². The average molecular weight is 287 g/mol. The molecule has 0 saturated heterocycles. The Morgan fingerprint density at radius 1 is 1.10 bits per heavy atom. The minimum atomic E-state index is 0.281. The molecule has 4 bridgehead atoms. The van der Waals surface area contributed by atoms with Crippen LogP contribution in [0.4, 0.5) is 0 Å². The fourth-order valence-corrected chi connectivity index (χ4v) is 5.98. The molecule has 2 N–H and O–H groups in total. The summed E-state index contributed by atoms with van der Waals surface area (Å²) < 4.78 is 2.17. The molecule has 116 valence electrons. The van der Waals surface area contributed by atoms with Gasteiger partial charge in [-0.15, -0.1) is 0 Å². The first-order chi connectivity index (χ1) is 9.97. The van der Waals surface area contributed by atoms with Gasteiger partial charge in [0.1, 0.15) is 0 Å². The molecular weight excluding hydrogens is 258 g/mol. The molecule has 0 amide bonds. The van der Waals surface area contributed by atoms with Crippen LogP contribution in [0, 0.1) is 43.9 Å². The smallest absolute Gasteiger partial charge is 0.0625 e. The molecule has 0 aromatic carbocycles. The summed E-state index contributed by atoms with van der Waals surface area (Å²) in [6, 6.07) is 0.281. The molecule has 3 heteroatoms. The van der Waals surface area contributed by atoms with Crippen molar-refractivity contribution in [3.8, 4) is 0 Å². The van der Waals surface area contributed by atoms with Crippen molar-refractivity contribution in [1.82, 2.24) is 9.78 Å². The molecule has 4 aliphatic rings. The van der Waals surface area contributed by atoms with E-state index in [-0.39, 0.29) is 6.04 Å². The highest BCUT2D eigenvalue weighted by Crippen LogP contribution is 2.61. The lowest BCUT2D eigenvalue weighted by Gasteiger charge is -2.59. The Labute approximate surface area is 128 Å². The van der Waals surface area contributed by atoms with Crippen molar-refractivity contribution in [3.63, 3.8) is 0 Å². The quantitative estimate of drug-likeness (QED) is 0.926. The molecular formula is C18H29N3. The SMILES string of the molecule is Cc1nn(CC(N)C23CC4CC(CC(C4)C2)C3)c(C)c1C. The standard InChI is InChI=1S/C18H29N3/c1-11-12(2)20-21(13(11)3)10-17(19)18-7-14-4-15(8-18)6-16(5-14)9-18/h14-17H,4-10,19H2,1-3H3. The topological polar surface area (TPSA) is 43.8 Å². The van der Waals surface area contributed by atoms with E-state index in [4.69, 9.17) is 10.8 Å². The van der Waals surface area contributed by atoms with Gasteiger partial charge < -0.3 is 5.73 Å². The van der Waals surface area contributed by atoms with Gasteiger partial charge in [0.05, 0.1) is 12.2 Å². The van der Waals surface area contributed by atoms with Crippen LogP contribution in [0.3, 0.4) is 0 Å². The van der Waals surface area contributed by atoms with E-state index in [1.165, 1.54) is 49.8 Å². The summed E-state index contributed by atoms with van der Waals surface area (Å²) in [5, 5.41) is 4.71. The number of hydrogen-bond acceptors (Lipinski definition) is 2. The van der Waals surface area contributed by atoms with E-state index in [0.29, 0.717) is 5.41 Å². The second-order valence-corrected chi connectivity index (χ2v) is 8.36. The van der Waals surface area contributed by atoms with Crippen molar-refractivity contribution < 1.29 is 0 Å². The van der Waals surface area contributed by atoms with E-state index >= 15 is 0 Å². The fraction of sp³-hybridized carbons (Fsp3) is 0.833. The summed E-state index contributed by atoms with van der Waals surface area (Å²) in [4.78, 5) is 0. The lowest BCUT2D eigenvalue weighted by molar-refractivity contribution is -0.0700. The van der Waals surface area contributed by atoms with Crippen LogP contribution in [0.25, 0.3) is 0 Å². The number of hydrogen-bond donors (Lipinski definition) is 1. The van der Waals surface area contributed by atoms with Gasteiger partial charge in [-0.05, 0) is 88.0 Å². The Kier molecular flexibility index (Phi) is 3.01. The molecule has 1 unspecified atom stereocenters. The summed E-state index contributed by atoms with van der Waals surface area (Å²) in [7, 11) is 0. The largest absolute Gasteiger partial charge is 0.326 e. The van der Waals surface area contributed by atoms with Crippen LogP contribution < -0.4 is 5.73 Å². The van der Waals surface area contributed by atoms with Crippen LogP contribution in [0.2, 0.25) is 0 Å². The molecule has 21 heavy (non-hydrogen) atoms. The van der Waals surface area contributed by atoms with E-state index in [1.54, 1.807) is 0 Å². The fourth-order valence-electron chi connectivity index (χ4n) is 5.98. The van der Waals surface area contributed by atoms with Crippen molar-refractivity contribution >= 4 is 0 Å². The third-order valence-corrected chi connectivity index (χ3v) is 6.99. The monoisotopic (exact) mass is 287 g/mol. The van der Waals surface area contributed by atoms with Crippen molar-refractivity contribution in [2.24, 2.45) is 28.9 Å². The minimum Gasteiger partial charge on any atom is -0.326 e. The van der Waals surface area contributed by atoms with E-state index in [2.05, 4.69) is 25.5 Å². The third kappa shape index (κ3) is 2.08. The van der Waals surface area contributed by atoms with Gasteiger partial charge in [0, 0.05) is 11.7 Å². The van der Waals surface area contributed by atoms with Crippen molar-refractivity contribution in [3.05, 3.63) is 17.0 Å². The first kappa shape index (κ1) is 13.8. The normalized spacial score (nSPS) is 39.0. The van der Waals surface area contributed by atoms with Crippen LogP contribution >= 0.6 is 0 Å². The maximum absolute atomic E-state index is 6.77. The Morgan fingerprint density at radius 2 is 1.62 bits per heavy atom. The highest BCUT2D eigenvalue weighted by molar-refractivity contribution is 5.22. The average Bonchev–Trinajstić information content (AvgIpc) is 2.65. The van der Waals surface area contributed by atoms with Crippen LogP contribution in [0.15, 0.2) is 0 Å².